The summed E-state index contributed by atoms with van der Waals surface area (Å²) < 4.78 is 23.8. The van der Waals surface area contributed by atoms with Gasteiger partial charge in [0, 0.05) is 24.3 Å². The van der Waals surface area contributed by atoms with Crippen molar-refractivity contribution < 1.29 is 18.3 Å². The van der Waals surface area contributed by atoms with Gasteiger partial charge >= 0.3 is 0 Å². The van der Waals surface area contributed by atoms with Crippen LogP contribution in [-0.4, -0.2) is 44.9 Å². The zero-order valence-electron chi connectivity index (χ0n) is 16.0. The first-order valence-corrected chi connectivity index (χ1v) is 11.2. The van der Waals surface area contributed by atoms with Crippen LogP contribution in [0.25, 0.3) is 0 Å². The molecule has 0 bridgehead atoms. The number of carbonyl (C=O) groups is 1. The molecule has 2 N–H and O–H groups in total. The average molecular weight is 403 g/mol. The SMILES string of the molecule is CCS(=O)(=O)c1ccc([C@H](CO)NC(=O)c2ccc(N3CCCC3)cc2)cc1. The molecular weight excluding hydrogens is 376 g/mol. The van der Waals surface area contributed by atoms with Gasteiger partial charge in [0.1, 0.15) is 0 Å². The van der Waals surface area contributed by atoms with Gasteiger partial charge in [-0.1, -0.05) is 19.1 Å². The summed E-state index contributed by atoms with van der Waals surface area (Å²) in [6.07, 6.45) is 2.39. The maximum Gasteiger partial charge on any atom is 0.251 e. The van der Waals surface area contributed by atoms with Gasteiger partial charge in [0.2, 0.25) is 0 Å². The van der Waals surface area contributed by atoms with Crippen LogP contribution in [-0.2, 0) is 9.84 Å². The summed E-state index contributed by atoms with van der Waals surface area (Å²) >= 11 is 0. The number of aliphatic hydroxyl groups is 1. The Bertz CT molecular complexity index is 902. The van der Waals surface area contributed by atoms with Crippen LogP contribution in [0, 0.1) is 0 Å². The monoisotopic (exact) mass is 402 g/mol. The van der Waals surface area contributed by atoms with E-state index in [-0.39, 0.29) is 23.2 Å². The van der Waals surface area contributed by atoms with Crippen LogP contribution in [0.15, 0.2) is 53.4 Å². The van der Waals surface area contributed by atoms with E-state index in [0.29, 0.717) is 11.1 Å². The molecule has 150 valence electrons. The van der Waals surface area contributed by atoms with E-state index in [9.17, 15) is 18.3 Å². The van der Waals surface area contributed by atoms with Crippen molar-refractivity contribution in [2.24, 2.45) is 0 Å². The van der Waals surface area contributed by atoms with Crippen molar-refractivity contribution in [1.82, 2.24) is 5.32 Å². The first-order valence-electron chi connectivity index (χ1n) is 9.54. The van der Waals surface area contributed by atoms with E-state index in [2.05, 4.69) is 10.2 Å². The van der Waals surface area contributed by atoms with Crippen molar-refractivity contribution in [1.29, 1.82) is 0 Å². The van der Waals surface area contributed by atoms with Crippen molar-refractivity contribution in [3.63, 3.8) is 0 Å². The third kappa shape index (κ3) is 4.54. The number of anilines is 1. The number of sulfone groups is 1. The summed E-state index contributed by atoms with van der Waals surface area (Å²) in [5.41, 5.74) is 2.28. The number of hydrogen-bond acceptors (Lipinski definition) is 5. The number of carbonyl (C=O) groups excluding carboxylic acids is 1. The molecule has 2 aromatic rings. The Morgan fingerprint density at radius 3 is 2.21 bits per heavy atom. The van der Waals surface area contributed by atoms with Crippen LogP contribution in [0.3, 0.4) is 0 Å². The van der Waals surface area contributed by atoms with Crippen LogP contribution in [0.2, 0.25) is 0 Å². The van der Waals surface area contributed by atoms with Crippen molar-refractivity contribution in [3.8, 4) is 0 Å². The number of rotatable bonds is 7. The van der Waals surface area contributed by atoms with E-state index in [1.807, 2.05) is 12.1 Å². The molecule has 1 aliphatic rings. The van der Waals surface area contributed by atoms with Gasteiger partial charge in [-0.05, 0) is 54.8 Å². The highest BCUT2D eigenvalue weighted by molar-refractivity contribution is 7.91. The lowest BCUT2D eigenvalue weighted by molar-refractivity contribution is 0.0916. The van der Waals surface area contributed by atoms with Crippen molar-refractivity contribution in [2.45, 2.75) is 30.7 Å². The maximum atomic E-state index is 12.6. The molecule has 1 amide bonds. The minimum Gasteiger partial charge on any atom is -0.394 e. The van der Waals surface area contributed by atoms with E-state index in [0.717, 1.165) is 18.8 Å². The minimum absolute atomic E-state index is 0.0277. The van der Waals surface area contributed by atoms with Crippen LogP contribution < -0.4 is 10.2 Å². The first-order chi connectivity index (χ1) is 13.4. The molecule has 0 aromatic heterocycles. The molecule has 1 atom stereocenters. The minimum atomic E-state index is -3.28. The zero-order valence-corrected chi connectivity index (χ0v) is 16.8. The lowest BCUT2D eigenvalue weighted by Crippen LogP contribution is -2.30. The summed E-state index contributed by atoms with van der Waals surface area (Å²) in [4.78, 5) is 15.1. The molecule has 1 heterocycles. The Balaban J connectivity index is 1.69. The fourth-order valence-corrected chi connectivity index (χ4v) is 4.23. The molecule has 6 nitrogen and oxygen atoms in total. The molecule has 1 fully saturated rings. The smallest absolute Gasteiger partial charge is 0.251 e. The van der Waals surface area contributed by atoms with E-state index in [1.165, 1.54) is 25.0 Å². The molecule has 0 radical (unpaired) electrons. The van der Waals surface area contributed by atoms with Gasteiger partial charge < -0.3 is 15.3 Å². The standard InChI is InChI=1S/C21H26N2O4S/c1-2-28(26,27)19-11-7-16(8-12-19)20(15-24)22-21(25)17-5-9-18(10-6-17)23-13-3-4-14-23/h5-12,20,24H,2-4,13-15H2,1H3,(H,22,25)/t20-/m0/s1. The molecule has 1 aliphatic heterocycles. The number of benzene rings is 2. The topological polar surface area (TPSA) is 86.7 Å². The predicted molar refractivity (Wildman–Crippen MR) is 109 cm³/mol. The highest BCUT2D eigenvalue weighted by Crippen LogP contribution is 2.21. The quantitative estimate of drug-likeness (QED) is 0.743. The van der Waals surface area contributed by atoms with Crippen LogP contribution in [0.5, 0.6) is 0 Å². The van der Waals surface area contributed by atoms with Gasteiger partial charge in [-0.25, -0.2) is 8.42 Å². The molecule has 3 rings (SSSR count). The molecule has 28 heavy (non-hydrogen) atoms. The van der Waals surface area contributed by atoms with Gasteiger partial charge in [0.15, 0.2) is 9.84 Å². The van der Waals surface area contributed by atoms with E-state index >= 15 is 0 Å². The summed E-state index contributed by atoms with van der Waals surface area (Å²) in [5.74, 6) is -0.253. The molecule has 0 unspecified atom stereocenters. The second kappa shape index (κ2) is 8.75. The number of aliphatic hydroxyl groups excluding tert-OH is 1. The summed E-state index contributed by atoms with van der Waals surface area (Å²) in [7, 11) is -3.28. The molecule has 0 aliphatic carbocycles. The molecule has 7 heteroatoms. The van der Waals surface area contributed by atoms with Crippen LogP contribution in [0.4, 0.5) is 5.69 Å². The van der Waals surface area contributed by atoms with Crippen molar-refractivity contribution >= 4 is 21.4 Å². The Labute approximate surface area is 166 Å². The highest BCUT2D eigenvalue weighted by Gasteiger charge is 2.18. The third-order valence-electron chi connectivity index (χ3n) is 5.11. The average Bonchev–Trinajstić information content (AvgIpc) is 3.27. The Hall–Kier alpha value is -2.38. The lowest BCUT2D eigenvalue weighted by atomic mass is 10.1. The second-order valence-corrected chi connectivity index (χ2v) is 9.20. The number of nitrogens with zero attached hydrogens (tertiary/aromatic N) is 1. The lowest BCUT2D eigenvalue weighted by Gasteiger charge is -2.19. The third-order valence-corrected chi connectivity index (χ3v) is 6.86. The summed E-state index contributed by atoms with van der Waals surface area (Å²) in [6.45, 7) is 3.40. The van der Waals surface area contributed by atoms with Crippen molar-refractivity contribution in [3.05, 3.63) is 59.7 Å². The Morgan fingerprint density at radius 1 is 1.07 bits per heavy atom. The molecule has 2 aromatic carbocycles. The zero-order chi connectivity index (χ0) is 20.1. The fraction of sp³-hybridized carbons (Fsp3) is 0.381. The van der Waals surface area contributed by atoms with Gasteiger partial charge in [-0.3, -0.25) is 4.79 Å². The predicted octanol–water partition coefficient (Wildman–Crippen LogP) is 2.54. The first kappa shape index (κ1) is 20.4. The maximum absolute atomic E-state index is 12.6. The highest BCUT2D eigenvalue weighted by atomic mass is 32.2. The fourth-order valence-electron chi connectivity index (χ4n) is 3.35. The largest absolute Gasteiger partial charge is 0.394 e. The number of hydrogen-bond donors (Lipinski definition) is 2. The molecule has 0 spiro atoms. The van der Waals surface area contributed by atoms with E-state index < -0.39 is 15.9 Å². The van der Waals surface area contributed by atoms with Crippen LogP contribution in [0.1, 0.15) is 41.7 Å². The second-order valence-electron chi connectivity index (χ2n) is 6.92. The summed E-state index contributed by atoms with van der Waals surface area (Å²) in [6, 6.07) is 13.1. The normalized spacial score (nSPS) is 15.4. The van der Waals surface area contributed by atoms with E-state index in [4.69, 9.17) is 0 Å². The van der Waals surface area contributed by atoms with Crippen LogP contribution >= 0.6 is 0 Å². The molecule has 1 saturated heterocycles. The van der Waals surface area contributed by atoms with E-state index in [1.54, 1.807) is 31.2 Å². The Morgan fingerprint density at radius 2 is 1.68 bits per heavy atom. The molecule has 0 saturated carbocycles. The van der Waals surface area contributed by atoms with Gasteiger partial charge in [0.25, 0.3) is 5.91 Å². The van der Waals surface area contributed by atoms with Gasteiger partial charge in [-0.2, -0.15) is 0 Å². The Kier molecular flexibility index (Phi) is 6.36. The number of amides is 1. The number of nitrogens with one attached hydrogen (secondary N) is 1. The van der Waals surface area contributed by atoms with Gasteiger partial charge in [-0.15, -0.1) is 0 Å². The van der Waals surface area contributed by atoms with Gasteiger partial charge in [0.05, 0.1) is 23.3 Å². The molecular formula is C21H26N2O4S. The van der Waals surface area contributed by atoms with Crippen molar-refractivity contribution in [2.75, 3.05) is 30.3 Å². The summed E-state index contributed by atoms with van der Waals surface area (Å²) in [5, 5.41) is 12.5.